The number of benzene rings is 6. The Balaban J connectivity index is 0.634. The summed E-state index contributed by atoms with van der Waals surface area (Å²) in [6.45, 7) is 21.1. The highest BCUT2D eigenvalue weighted by atomic mass is 32.2. The number of nitrogens with one attached hydrogen (secondary N) is 1. The van der Waals surface area contributed by atoms with Crippen LogP contribution < -0.4 is 29.9 Å². The number of para-hydroxylation sites is 1. The number of rotatable bonds is 32. The van der Waals surface area contributed by atoms with E-state index in [0.717, 1.165) is 27.8 Å². The van der Waals surface area contributed by atoms with Gasteiger partial charge >= 0.3 is 12.1 Å². The minimum atomic E-state index is -4.03. The molecule has 9 rings (SSSR count). The van der Waals surface area contributed by atoms with E-state index < -0.39 is 57.1 Å². The molecule has 0 spiro atoms. The monoisotopic (exact) mass is 1380 g/mol. The summed E-state index contributed by atoms with van der Waals surface area (Å²) in [7, 11) is -4.03. The molecule has 1 saturated heterocycles. The lowest BCUT2D eigenvalue weighted by Gasteiger charge is -2.37. The van der Waals surface area contributed by atoms with Gasteiger partial charge in [-0.3, -0.25) is 24.1 Å². The first kappa shape index (κ1) is 74.5. The van der Waals surface area contributed by atoms with Crippen molar-refractivity contribution >= 4 is 56.2 Å². The number of piperidine rings is 1. The van der Waals surface area contributed by atoms with Crippen molar-refractivity contribution in [1.82, 2.24) is 13.8 Å². The van der Waals surface area contributed by atoms with Gasteiger partial charge in [0.05, 0.1) is 87.7 Å². The second-order valence-electron chi connectivity index (χ2n) is 27.1. The van der Waals surface area contributed by atoms with Crippen molar-refractivity contribution in [2.45, 2.75) is 116 Å². The Morgan fingerprint density at radius 1 is 0.576 bits per heavy atom. The predicted molar refractivity (Wildman–Crippen MR) is 377 cm³/mol. The number of amides is 3. The molecular weight excluding hydrogens is 1290 g/mol. The van der Waals surface area contributed by atoms with Crippen molar-refractivity contribution in [1.29, 1.82) is 0 Å². The number of sulfonamides is 1. The van der Waals surface area contributed by atoms with E-state index in [4.69, 9.17) is 47.4 Å². The van der Waals surface area contributed by atoms with Gasteiger partial charge in [0.2, 0.25) is 15.5 Å². The Morgan fingerprint density at radius 3 is 1.71 bits per heavy atom. The largest absolute Gasteiger partial charge is 0.491 e. The molecular formula is C76H93N5O17S. The first-order valence-electron chi connectivity index (χ1n) is 33.5. The molecule has 0 radical (unpaired) electrons. The van der Waals surface area contributed by atoms with Crippen LogP contribution in [0.5, 0.6) is 17.2 Å². The number of carbonyl (C=O) groups excluding carboxylic acids is 4. The number of carbonyl (C=O) groups is 4. The Morgan fingerprint density at radius 2 is 1.12 bits per heavy atom. The van der Waals surface area contributed by atoms with Gasteiger partial charge in [0.25, 0.3) is 11.8 Å². The van der Waals surface area contributed by atoms with Gasteiger partial charge < -0.3 is 62.2 Å². The average molecular weight is 1380 g/mol. The molecule has 3 heterocycles. The molecule has 3 amide bonds. The molecule has 22 nitrogen and oxygen atoms in total. The number of esters is 1. The lowest BCUT2D eigenvalue weighted by atomic mass is 9.85. The summed E-state index contributed by atoms with van der Waals surface area (Å²) in [5.41, 5.74) is 2.72. The van der Waals surface area contributed by atoms with Crippen LogP contribution in [0, 0.1) is 0 Å². The lowest BCUT2D eigenvalue weighted by molar-refractivity contribution is -0.155. The van der Waals surface area contributed by atoms with Crippen molar-refractivity contribution in [3.63, 3.8) is 0 Å². The maximum absolute atomic E-state index is 14.3. The normalized spacial score (nSPS) is 14.1. The SMILES string of the molecule is CC(C)(C)OC(=O)CN1CN(C(=O)OC(C)(C)C)c2cc(S(=O)(=O)N3CCC(c4ccc(OCCOCCOCCOCCOCCOCCOc5cc(C(C)(C)C)c(NC(=O)c6cn(Cc7ccccc7)c7ccccc7c6=O)cc5OCc5ccccc5)cc4)CC3)ccc2C1=O. The van der Waals surface area contributed by atoms with Crippen molar-refractivity contribution in [3.05, 3.63) is 189 Å². The molecule has 0 atom stereocenters. The molecule has 0 saturated carbocycles. The third kappa shape index (κ3) is 21.4. The number of aromatic nitrogens is 1. The quantitative estimate of drug-likeness (QED) is 0.0305. The number of nitrogens with zero attached hydrogens (tertiary/aromatic N) is 4. The third-order valence-corrected chi connectivity index (χ3v) is 18.1. The molecule has 2 aliphatic heterocycles. The van der Waals surface area contributed by atoms with E-state index in [0.29, 0.717) is 114 Å². The number of hydrogen-bond acceptors (Lipinski definition) is 17. The molecule has 1 fully saturated rings. The fourth-order valence-electron chi connectivity index (χ4n) is 11.4. The Labute approximate surface area is 580 Å². The van der Waals surface area contributed by atoms with E-state index >= 15 is 0 Å². The molecule has 0 bridgehead atoms. The lowest BCUT2D eigenvalue weighted by Crippen LogP contribution is -2.52. The molecule has 0 aliphatic carbocycles. The summed E-state index contributed by atoms with van der Waals surface area (Å²) >= 11 is 0. The molecule has 99 heavy (non-hydrogen) atoms. The van der Waals surface area contributed by atoms with Crippen molar-refractivity contribution in [2.24, 2.45) is 0 Å². The van der Waals surface area contributed by atoms with Gasteiger partial charge in [0.1, 0.15) is 55.5 Å². The topological polar surface area (TPSA) is 238 Å². The number of ether oxygens (including phenoxy) is 10. The number of fused-ring (bicyclic) bond motifs is 2. The summed E-state index contributed by atoms with van der Waals surface area (Å²) < 4.78 is 89.9. The van der Waals surface area contributed by atoms with E-state index in [1.165, 1.54) is 32.3 Å². The molecule has 6 aromatic carbocycles. The second-order valence-corrected chi connectivity index (χ2v) is 29.1. The van der Waals surface area contributed by atoms with Crippen molar-refractivity contribution in [3.8, 4) is 17.2 Å². The van der Waals surface area contributed by atoms with Gasteiger partial charge in [0.15, 0.2) is 11.5 Å². The summed E-state index contributed by atoms with van der Waals surface area (Å²) in [4.78, 5) is 70.5. The van der Waals surface area contributed by atoms with Crippen LogP contribution in [0.3, 0.4) is 0 Å². The molecule has 530 valence electrons. The zero-order chi connectivity index (χ0) is 70.7. The Bertz CT molecular complexity index is 4030. The highest BCUT2D eigenvalue weighted by Crippen LogP contribution is 2.41. The van der Waals surface area contributed by atoms with E-state index in [1.54, 1.807) is 65.9 Å². The zero-order valence-electron chi connectivity index (χ0n) is 58.2. The standard InChI is InChI=1S/C76H93N5O17S/c1-74(2,3)63-47-67(68(96-52-55-20-14-11-15-21-55)48-64(63)77-71(84)62-50-78(49-54-18-12-10-13-19-54)65-23-17-16-22-60(65)70(62)83)95-45-43-93-41-39-91-37-35-89-34-36-90-38-40-92-42-44-94-58-26-24-56(25-27-58)57-30-32-80(33-31-57)99(87,88)59-28-29-61-66(46-59)81(73(86)98-76(7,8)9)53-79(72(61)85)51-69(82)97-75(4,5)6/h10-29,46-48,50,57H,30-45,49,51-53H2,1-9H3,(H,77,84). The van der Waals surface area contributed by atoms with E-state index in [-0.39, 0.29) is 72.6 Å². The Hall–Kier alpha value is -8.68. The van der Waals surface area contributed by atoms with Crippen LogP contribution in [0.2, 0.25) is 0 Å². The fourth-order valence-corrected chi connectivity index (χ4v) is 12.9. The van der Waals surface area contributed by atoms with Gasteiger partial charge in [-0.1, -0.05) is 106 Å². The molecule has 1 aromatic heterocycles. The zero-order valence-corrected chi connectivity index (χ0v) is 59.0. The Kier molecular flexibility index (Phi) is 25.9. The molecule has 23 heteroatoms. The minimum Gasteiger partial charge on any atom is -0.491 e. The van der Waals surface area contributed by atoms with Gasteiger partial charge in [-0.15, -0.1) is 0 Å². The predicted octanol–water partition coefficient (Wildman–Crippen LogP) is 11.8. The number of hydrogen-bond donors (Lipinski definition) is 1. The van der Waals surface area contributed by atoms with Crippen LogP contribution >= 0.6 is 0 Å². The first-order chi connectivity index (χ1) is 47.3. The van der Waals surface area contributed by atoms with Crippen molar-refractivity contribution in [2.75, 3.05) is 116 Å². The molecule has 0 unspecified atom stereocenters. The van der Waals surface area contributed by atoms with Crippen LogP contribution in [0.15, 0.2) is 155 Å². The van der Waals surface area contributed by atoms with Crippen LogP contribution in [0.25, 0.3) is 10.9 Å². The van der Waals surface area contributed by atoms with Crippen LogP contribution in [0.4, 0.5) is 16.2 Å². The summed E-state index contributed by atoms with van der Waals surface area (Å²) in [6, 6.07) is 42.5. The van der Waals surface area contributed by atoms with E-state index in [2.05, 4.69) is 5.32 Å². The van der Waals surface area contributed by atoms with E-state index in [9.17, 15) is 32.4 Å². The molecule has 2 aliphatic rings. The van der Waals surface area contributed by atoms with Crippen molar-refractivity contribution < 1.29 is 75.0 Å². The average Bonchev–Trinajstić information content (AvgIpc) is 0.762. The maximum atomic E-state index is 14.3. The van der Waals surface area contributed by atoms with E-state index in [1.807, 2.05) is 128 Å². The van der Waals surface area contributed by atoms with Crippen LogP contribution in [-0.2, 0) is 66.5 Å². The van der Waals surface area contributed by atoms with Gasteiger partial charge in [-0.05, 0) is 137 Å². The van der Waals surface area contributed by atoms with Gasteiger partial charge in [0, 0.05) is 43.0 Å². The summed E-state index contributed by atoms with van der Waals surface area (Å²) in [6.07, 6.45) is 2.00. The molecule has 1 N–H and O–H groups in total. The highest BCUT2D eigenvalue weighted by molar-refractivity contribution is 7.89. The van der Waals surface area contributed by atoms with Crippen LogP contribution in [-0.4, -0.2) is 163 Å². The van der Waals surface area contributed by atoms with Gasteiger partial charge in [-0.25, -0.2) is 13.2 Å². The van der Waals surface area contributed by atoms with Crippen LogP contribution in [0.1, 0.15) is 124 Å². The molecule has 7 aromatic rings. The van der Waals surface area contributed by atoms with Gasteiger partial charge in [-0.2, -0.15) is 4.31 Å². The third-order valence-electron chi connectivity index (χ3n) is 16.2. The summed E-state index contributed by atoms with van der Waals surface area (Å²) in [5, 5.41) is 3.53. The maximum Gasteiger partial charge on any atom is 0.416 e. The number of pyridine rings is 1. The number of anilines is 2. The fraction of sp³-hybridized carbons (Fsp3) is 0.434. The minimum absolute atomic E-state index is 0.0222. The smallest absolute Gasteiger partial charge is 0.416 e. The second kappa shape index (κ2) is 34.4. The summed E-state index contributed by atoms with van der Waals surface area (Å²) in [5.74, 6) is -0.0306. The first-order valence-corrected chi connectivity index (χ1v) is 35.0. The highest BCUT2D eigenvalue weighted by Gasteiger charge is 2.39.